The molecule has 1 heterocycles. The third-order valence-corrected chi connectivity index (χ3v) is 4.39. The van der Waals surface area contributed by atoms with Crippen molar-refractivity contribution < 1.29 is 27.9 Å². The van der Waals surface area contributed by atoms with Crippen LogP contribution in [-0.2, 0) is 23.1 Å². The van der Waals surface area contributed by atoms with E-state index in [9.17, 15) is 22.8 Å². The number of carboxylic acids is 1. The molecule has 1 amide bonds. The number of nitrogens with one attached hydrogen (secondary N) is 1. The highest BCUT2D eigenvalue weighted by atomic mass is 19.4. The van der Waals surface area contributed by atoms with Gasteiger partial charge in [0, 0.05) is 0 Å². The lowest BCUT2D eigenvalue weighted by Gasteiger charge is -2.43. The second-order valence-corrected chi connectivity index (χ2v) is 6.17. The lowest BCUT2D eigenvalue weighted by atomic mass is 9.71. The van der Waals surface area contributed by atoms with E-state index in [1.165, 1.54) is 6.07 Å². The second-order valence-electron chi connectivity index (χ2n) is 6.17. The van der Waals surface area contributed by atoms with Crippen molar-refractivity contribution in [3.05, 3.63) is 47.3 Å². The average Bonchev–Trinajstić information content (AvgIpc) is 2.99. The SMILES string of the molecule is O=C(Cn1cc(C(=O)O)nn1)NC1(c2cccc(C(F)(F)F)c2)CCC1. The van der Waals surface area contributed by atoms with Gasteiger partial charge in [-0.3, -0.25) is 4.79 Å². The fraction of sp³-hybridized carbons (Fsp3) is 0.375. The van der Waals surface area contributed by atoms with E-state index in [1.807, 2.05) is 0 Å². The predicted octanol–water partition coefficient (Wildman–Crippen LogP) is 2.19. The summed E-state index contributed by atoms with van der Waals surface area (Å²) in [5.41, 5.74) is -1.52. The van der Waals surface area contributed by atoms with Gasteiger partial charge >= 0.3 is 12.1 Å². The third-order valence-electron chi connectivity index (χ3n) is 4.39. The maximum atomic E-state index is 12.9. The molecule has 7 nitrogen and oxygen atoms in total. The van der Waals surface area contributed by atoms with Crippen molar-refractivity contribution in [1.29, 1.82) is 0 Å². The zero-order valence-electron chi connectivity index (χ0n) is 13.5. The number of hydrogen-bond donors (Lipinski definition) is 2. The summed E-state index contributed by atoms with van der Waals surface area (Å²) in [6.07, 6.45) is -1.52. The number of carbonyl (C=O) groups excluding carboxylic acids is 1. The minimum atomic E-state index is -4.46. The summed E-state index contributed by atoms with van der Waals surface area (Å²) < 4.78 is 39.9. The van der Waals surface area contributed by atoms with E-state index in [1.54, 1.807) is 6.07 Å². The van der Waals surface area contributed by atoms with E-state index in [0.717, 1.165) is 29.4 Å². The molecule has 0 unspecified atom stereocenters. The maximum absolute atomic E-state index is 12.9. The van der Waals surface area contributed by atoms with Gasteiger partial charge in [0.2, 0.25) is 5.91 Å². The first-order chi connectivity index (χ1) is 12.2. The molecule has 0 atom stereocenters. The number of carboxylic acid groups (broad SMARTS) is 1. The highest BCUT2D eigenvalue weighted by Crippen LogP contribution is 2.42. The van der Waals surface area contributed by atoms with Crippen LogP contribution in [0.25, 0.3) is 0 Å². The topological polar surface area (TPSA) is 97.1 Å². The van der Waals surface area contributed by atoms with Crippen LogP contribution in [0.1, 0.15) is 40.9 Å². The van der Waals surface area contributed by atoms with E-state index in [-0.39, 0.29) is 12.2 Å². The normalized spacial score (nSPS) is 16.0. The molecule has 0 radical (unpaired) electrons. The first-order valence-electron chi connectivity index (χ1n) is 7.82. The highest BCUT2D eigenvalue weighted by Gasteiger charge is 2.41. The Bertz CT molecular complexity index is 843. The number of halogens is 3. The number of aromatic nitrogens is 3. The molecule has 2 N–H and O–H groups in total. The minimum absolute atomic E-state index is 0.277. The summed E-state index contributed by atoms with van der Waals surface area (Å²) in [7, 11) is 0. The number of aromatic carboxylic acids is 1. The van der Waals surface area contributed by atoms with Crippen LogP contribution in [0.15, 0.2) is 30.5 Å². The van der Waals surface area contributed by atoms with Gasteiger partial charge in [-0.1, -0.05) is 17.3 Å². The van der Waals surface area contributed by atoms with Gasteiger partial charge < -0.3 is 10.4 Å². The first-order valence-corrected chi connectivity index (χ1v) is 7.82. The van der Waals surface area contributed by atoms with Crippen LogP contribution in [0.2, 0.25) is 0 Å². The predicted molar refractivity (Wildman–Crippen MR) is 82.1 cm³/mol. The molecule has 26 heavy (non-hydrogen) atoms. The Kier molecular flexibility index (Phi) is 4.43. The van der Waals surface area contributed by atoms with Crippen LogP contribution in [0.5, 0.6) is 0 Å². The molecular formula is C16H15F3N4O3. The Balaban J connectivity index is 1.76. The smallest absolute Gasteiger partial charge is 0.416 e. The Morgan fingerprint density at radius 2 is 2.04 bits per heavy atom. The van der Waals surface area contributed by atoms with Gasteiger partial charge in [-0.25, -0.2) is 9.48 Å². The summed E-state index contributed by atoms with van der Waals surface area (Å²) in [5, 5.41) is 18.5. The average molecular weight is 368 g/mol. The number of hydrogen-bond acceptors (Lipinski definition) is 4. The van der Waals surface area contributed by atoms with Crippen LogP contribution >= 0.6 is 0 Å². The molecule has 0 aliphatic heterocycles. The first kappa shape index (κ1) is 17.9. The van der Waals surface area contributed by atoms with Crippen LogP contribution < -0.4 is 5.32 Å². The lowest BCUT2D eigenvalue weighted by Crippen LogP contribution is -2.51. The van der Waals surface area contributed by atoms with Crippen LogP contribution in [0.4, 0.5) is 13.2 Å². The summed E-state index contributed by atoms with van der Waals surface area (Å²) in [4.78, 5) is 23.1. The minimum Gasteiger partial charge on any atom is -0.476 e. The summed E-state index contributed by atoms with van der Waals surface area (Å²) in [5.74, 6) is -1.75. The number of amides is 1. The fourth-order valence-corrected chi connectivity index (χ4v) is 2.94. The molecule has 138 valence electrons. The summed E-state index contributed by atoms with van der Waals surface area (Å²) in [6.45, 7) is -0.277. The lowest BCUT2D eigenvalue weighted by molar-refractivity contribution is -0.137. The van der Waals surface area contributed by atoms with Crippen LogP contribution in [0.3, 0.4) is 0 Å². The van der Waals surface area contributed by atoms with Gasteiger partial charge in [-0.15, -0.1) is 5.10 Å². The number of rotatable bonds is 5. The van der Waals surface area contributed by atoms with Gasteiger partial charge in [0.05, 0.1) is 17.3 Å². The second kappa shape index (κ2) is 6.43. The molecular weight excluding hydrogens is 353 g/mol. The van der Waals surface area contributed by atoms with Gasteiger partial charge in [-0.2, -0.15) is 13.2 Å². The van der Waals surface area contributed by atoms with Crippen LogP contribution in [0, 0.1) is 0 Å². The Hall–Kier alpha value is -2.91. The molecule has 1 aliphatic rings. The van der Waals surface area contributed by atoms with E-state index in [2.05, 4.69) is 15.6 Å². The van der Waals surface area contributed by atoms with Crippen molar-refractivity contribution in [3.8, 4) is 0 Å². The van der Waals surface area contributed by atoms with Gasteiger partial charge in [0.1, 0.15) is 6.54 Å². The number of carbonyl (C=O) groups is 2. The van der Waals surface area contributed by atoms with Crippen LogP contribution in [-0.4, -0.2) is 32.0 Å². The van der Waals surface area contributed by atoms with Crippen molar-refractivity contribution in [2.75, 3.05) is 0 Å². The molecule has 1 fully saturated rings. The zero-order valence-corrected chi connectivity index (χ0v) is 13.5. The number of nitrogens with zero attached hydrogens (tertiary/aromatic N) is 3. The molecule has 0 spiro atoms. The van der Waals surface area contributed by atoms with Gasteiger partial charge in [-0.05, 0) is 37.0 Å². The Labute approximate surface area is 145 Å². The van der Waals surface area contributed by atoms with Gasteiger partial charge in [0.25, 0.3) is 0 Å². The zero-order chi connectivity index (χ0) is 18.9. The van der Waals surface area contributed by atoms with Crippen molar-refractivity contribution in [3.63, 3.8) is 0 Å². The Morgan fingerprint density at radius 3 is 2.58 bits per heavy atom. The monoisotopic (exact) mass is 368 g/mol. The Morgan fingerprint density at radius 1 is 1.31 bits per heavy atom. The summed E-state index contributed by atoms with van der Waals surface area (Å²) >= 11 is 0. The van der Waals surface area contributed by atoms with E-state index < -0.39 is 29.2 Å². The molecule has 2 aromatic rings. The number of benzene rings is 1. The van der Waals surface area contributed by atoms with Crippen molar-refractivity contribution in [2.24, 2.45) is 0 Å². The molecule has 0 saturated heterocycles. The standard InChI is InChI=1S/C16H15F3N4O3/c17-16(18,19)11-4-1-3-10(7-11)15(5-2-6-15)20-13(24)9-23-8-12(14(25)26)21-22-23/h1,3-4,7-8H,2,5-6,9H2,(H,20,24)(H,25,26). The van der Waals surface area contributed by atoms with E-state index >= 15 is 0 Å². The largest absolute Gasteiger partial charge is 0.476 e. The molecule has 1 saturated carbocycles. The molecule has 1 aromatic heterocycles. The molecule has 1 aliphatic carbocycles. The molecule has 0 bridgehead atoms. The fourth-order valence-electron chi connectivity index (χ4n) is 2.94. The highest BCUT2D eigenvalue weighted by molar-refractivity contribution is 5.84. The van der Waals surface area contributed by atoms with Gasteiger partial charge in [0.15, 0.2) is 5.69 Å². The quantitative estimate of drug-likeness (QED) is 0.843. The summed E-state index contributed by atoms with van der Waals surface area (Å²) in [6, 6.07) is 4.92. The molecule has 10 heteroatoms. The van der Waals surface area contributed by atoms with E-state index in [0.29, 0.717) is 18.4 Å². The number of alkyl halides is 3. The van der Waals surface area contributed by atoms with Crippen molar-refractivity contribution >= 4 is 11.9 Å². The van der Waals surface area contributed by atoms with Crippen molar-refractivity contribution in [1.82, 2.24) is 20.3 Å². The maximum Gasteiger partial charge on any atom is 0.416 e. The van der Waals surface area contributed by atoms with E-state index in [4.69, 9.17) is 5.11 Å². The molecule has 1 aromatic carbocycles. The molecule has 3 rings (SSSR count). The van der Waals surface area contributed by atoms with Crippen molar-refractivity contribution in [2.45, 2.75) is 37.5 Å². The third kappa shape index (κ3) is 3.53.